The highest BCUT2D eigenvalue weighted by atomic mass is 16.1. The van der Waals surface area contributed by atoms with Crippen LogP contribution in [-0.4, -0.2) is 16.1 Å². The van der Waals surface area contributed by atoms with Gasteiger partial charge in [-0.2, -0.15) is 0 Å². The molecule has 0 N–H and O–H groups in total. The summed E-state index contributed by atoms with van der Waals surface area (Å²) in [5.41, 5.74) is 2.95. The number of ketones is 2. The fourth-order valence-electron chi connectivity index (χ4n) is 4.36. The van der Waals surface area contributed by atoms with Crippen molar-refractivity contribution in [2.24, 2.45) is 5.92 Å². The molecule has 1 aliphatic carbocycles. The smallest absolute Gasteiger partial charge is 0.168 e. The van der Waals surface area contributed by atoms with Crippen molar-refractivity contribution in [3.63, 3.8) is 0 Å². The third-order valence-electron chi connectivity index (χ3n) is 5.91. The first-order valence-corrected chi connectivity index (χ1v) is 10.4. The minimum absolute atomic E-state index is 0.141. The first kappa shape index (κ1) is 18.7. The molecule has 144 valence electrons. The van der Waals surface area contributed by atoms with Crippen molar-refractivity contribution in [1.29, 1.82) is 0 Å². The number of rotatable bonds is 7. The maximum absolute atomic E-state index is 13.1. The molecule has 3 aromatic rings. The molecule has 0 bridgehead atoms. The number of para-hydroxylation sites is 1. The van der Waals surface area contributed by atoms with Gasteiger partial charge >= 0.3 is 0 Å². The minimum atomic E-state index is 0.141. The largest absolute Gasteiger partial charge is 0.339 e. The highest BCUT2D eigenvalue weighted by molar-refractivity contribution is 6.09. The zero-order valence-corrected chi connectivity index (χ0v) is 16.3. The predicted octanol–water partition coefficient (Wildman–Crippen LogP) is 5.61. The van der Waals surface area contributed by atoms with E-state index in [-0.39, 0.29) is 17.5 Å². The molecule has 1 aromatic heterocycles. The van der Waals surface area contributed by atoms with Gasteiger partial charge in [0.25, 0.3) is 0 Å². The molecule has 0 unspecified atom stereocenters. The summed E-state index contributed by atoms with van der Waals surface area (Å²) in [4.78, 5) is 25.7. The SMILES string of the molecule is O=C(CCc1ccccc1)Cn1cc(C(=O)C2CCCCC2)c2ccccc21. The van der Waals surface area contributed by atoms with E-state index in [1.807, 2.05) is 53.2 Å². The van der Waals surface area contributed by atoms with E-state index in [2.05, 4.69) is 12.1 Å². The maximum Gasteiger partial charge on any atom is 0.168 e. The molecule has 0 spiro atoms. The molecule has 1 heterocycles. The first-order chi connectivity index (χ1) is 13.7. The molecular weight excluding hydrogens is 346 g/mol. The van der Waals surface area contributed by atoms with Gasteiger partial charge in [-0.1, -0.05) is 67.8 Å². The van der Waals surface area contributed by atoms with Crippen molar-refractivity contribution in [2.75, 3.05) is 0 Å². The van der Waals surface area contributed by atoms with Gasteiger partial charge in [-0.15, -0.1) is 0 Å². The van der Waals surface area contributed by atoms with Crippen LogP contribution in [0.15, 0.2) is 60.8 Å². The van der Waals surface area contributed by atoms with Crippen molar-refractivity contribution in [2.45, 2.75) is 51.5 Å². The summed E-state index contributed by atoms with van der Waals surface area (Å²) in [7, 11) is 0. The number of benzene rings is 2. The van der Waals surface area contributed by atoms with Crippen LogP contribution in [-0.2, 0) is 17.8 Å². The summed E-state index contributed by atoms with van der Waals surface area (Å²) in [5, 5.41) is 0.980. The molecule has 1 fully saturated rings. The van der Waals surface area contributed by atoms with E-state index in [4.69, 9.17) is 0 Å². The van der Waals surface area contributed by atoms with Crippen LogP contribution < -0.4 is 0 Å². The van der Waals surface area contributed by atoms with Crippen LogP contribution in [0.1, 0.15) is 54.4 Å². The molecule has 0 saturated heterocycles. The molecule has 0 radical (unpaired) electrons. The first-order valence-electron chi connectivity index (χ1n) is 10.4. The summed E-state index contributed by atoms with van der Waals surface area (Å²) in [6.07, 6.45) is 8.71. The van der Waals surface area contributed by atoms with Crippen LogP contribution in [0.5, 0.6) is 0 Å². The van der Waals surface area contributed by atoms with Crippen molar-refractivity contribution >= 4 is 22.5 Å². The number of hydrogen-bond acceptors (Lipinski definition) is 2. The van der Waals surface area contributed by atoms with Crippen LogP contribution in [0.25, 0.3) is 10.9 Å². The van der Waals surface area contributed by atoms with Gasteiger partial charge in [-0.05, 0) is 30.9 Å². The Hall–Kier alpha value is -2.68. The zero-order valence-electron chi connectivity index (χ0n) is 16.3. The van der Waals surface area contributed by atoms with Crippen LogP contribution in [0.4, 0.5) is 0 Å². The van der Waals surface area contributed by atoms with Crippen molar-refractivity contribution in [1.82, 2.24) is 4.57 Å². The van der Waals surface area contributed by atoms with Crippen molar-refractivity contribution in [3.05, 3.63) is 71.9 Å². The van der Waals surface area contributed by atoms with E-state index >= 15 is 0 Å². The van der Waals surface area contributed by atoms with E-state index in [0.717, 1.165) is 48.6 Å². The van der Waals surface area contributed by atoms with E-state index < -0.39 is 0 Å². The summed E-state index contributed by atoms with van der Waals surface area (Å²) >= 11 is 0. The minimum Gasteiger partial charge on any atom is -0.339 e. The normalized spacial score (nSPS) is 15.0. The third-order valence-corrected chi connectivity index (χ3v) is 5.91. The number of hydrogen-bond donors (Lipinski definition) is 0. The number of carbonyl (C=O) groups excluding carboxylic acids is 2. The fraction of sp³-hybridized carbons (Fsp3) is 0.360. The molecule has 4 rings (SSSR count). The summed E-state index contributed by atoms with van der Waals surface area (Å²) in [6.45, 7) is 0.325. The quantitative estimate of drug-likeness (QED) is 0.505. The Bertz CT molecular complexity index is 965. The lowest BCUT2D eigenvalue weighted by Crippen LogP contribution is -2.17. The molecule has 0 aliphatic heterocycles. The van der Waals surface area contributed by atoms with E-state index in [0.29, 0.717) is 13.0 Å². The average Bonchev–Trinajstić information content (AvgIpc) is 3.11. The topological polar surface area (TPSA) is 39.1 Å². The lowest BCUT2D eigenvalue weighted by molar-refractivity contribution is -0.119. The molecular formula is C25H27NO2. The molecule has 3 heteroatoms. The second-order valence-electron chi connectivity index (χ2n) is 7.91. The van der Waals surface area contributed by atoms with E-state index in [1.54, 1.807) is 0 Å². The number of Topliss-reactive ketones (excluding diaryl/α,β-unsaturated/α-hetero) is 2. The number of fused-ring (bicyclic) bond motifs is 1. The molecule has 0 atom stereocenters. The van der Waals surface area contributed by atoms with Gasteiger partial charge in [0, 0.05) is 35.0 Å². The Morgan fingerprint density at radius 2 is 1.61 bits per heavy atom. The van der Waals surface area contributed by atoms with Gasteiger partial charge in [0.15, 0.2) is 11.6 Å². The average molecular weight is 373 g/mol. The highest BCUT2D eigenvalue weighted by Gasteiger charge is 2.25. The number of nitrogens with zero attached hydrogens (tertiary/aromatic N) is 1. The Morgan fingerprint density at radius 3 is 2.39 bits per heavy atom. The summed E-state index contributed by atoms with van der Waals surface area (Å²) in [5.74, 6) is 0.592. The zero-order chi connectivity index (χ0) is 19.3. The van der Waals surface area contributed by atoms with Gasteiger partial charge in [0.05, 0.1) is 6.54 Å². The van der Waals surface area contributed by atoms with Crippen LogP contribution in [0.3, 0.4) is 0 Å². The van der Waals surface area contributed by atoms with Gasteiger partial charge < -0.3 is 4.57 Å². The highest BCUT2D eigenvalue weighted by Crippen LogP contribution is 2.30. The molecule has 28 heavy (non-hydrogen) atoms. The fourth-order valence-corrected chi connectivity index (χ4v) is 4.36. The molecule has 1 saturated carbocycles. The van der Waals surface area contributed by atoms with Gasteiger partial charge in [0.2, 0.25) is 0 Å². The third kappa shape index (κ3) is 4.09. The van der Waals surface area contributed by atoms with E-state index in [1.165, 1.54) is 12.0 Å². The van der Waals surface area contributed by atoms with Crippen molar-refractivity contribution in [3.8, 4) is 0 Å². The molecule has 1 aliphatic rings. The predicted molar refractivity (Wildman–Crippen MR) is 113 cm³/mol. The Balaban J connectivity index is 1.52. The Morgan fingerprint density at radius 1 is 0.893 bits per heavy atom. The lowest BCUT2D eigenvalue weighted by Gasteiger charge is -2.19. The number of aryl methyl sites for hydroxylation is 1. The maximum atomic E-state index is 13.1. The van der Waals surface area contributed by atoms with Crippen LogP contribution in [0, 0.1) is 5.92 Å². The summed E-state index contributed by atoms with van der Waals surface area (Å²) in [6, 6.07) is 18.1. The Kier molecular flexibility index (Phi) is 5.70. The summed E-state index contributed by atoms with van der Waals surface area (Å²) < 4.78 is 1.97. The Labute approximate surface area is 166 Å². The monoisotopic (exact) mass is 373 g/mol. The van der Waals surface area contributed by atoms with Gasteiger partial charge in [-0.3, -0.25) is 9.59 Å². The second kappa shape index (κ2) is 8.55. The van der Waals surface area contributed by atoms with Crippen LogP contribution >= 0.6 is 0 Å². The van der Waals surface area contributed by atoms with Crippen molar-refractivity contribution < 1.29 is 9.59 Å². The lowest BCUT2D eigenvalue weighted by atomic mass is 9.84. The standard InChI is InChI=1S/C25H27NO2/c27-21(16-15-19-9-3-1-4-10-19)17-26-18-23(22-13-7-8-14-24(22)26)25(28)20-11-5-2-6-12-20/h1,3-4,7-10,13-14,18,20H,2,5-6,11-12,15-17H2. The molecule has 2 aromatic carbocycles. The molecule has 0 amide bonds. The number of carbonyl (C=O) groups is 2. The van der Waals surface area contributed by atoms with Gasteiger partial charge in [0.1, 0.15) is 0 Å². The van der Waals surface area contributed by atoms with Crippen LogP contribution in [0.2, 0.25) is 0 Å². The van der Waals surface area contributed by atoms with E-state index in [9.17, 15) is 9.59 Å². The second-order valence-corrected chi connectivity index (χ2v) is 7.91. The van der Waals surface area contributed by atoms with Gasteiger partial charge in [-0.25, -0.2) is 0 Å². The molecule has 3 nitrogen and oxygen atoms in total. The number of aromatic nitrogens is 1.